The van der Waals surface area contributed by atoms with Crippen LogP contribution in [0.4, 0.5) is 0 Å². The van der Waals surface area contributed by atoms with E-state index in [4.69, 9.17) is 4.74 Å². The molecule has 0 spiro atoms. The van der Waals surface area contributed by atoms with Gasteiger partial charge in [-0.15, -0.1) is 0 Å². The van der Waals surface area contributed by atoms with Crippen molar-refractivity contribution in [3.05, 3.63) is 0 Å². The highest BCUT2D eigenvalue weighted by Crippen LogP contribution is 2.35. The van der Waals surface area contributed by atoms with E-state index in [0.29, 0.717) is 17.9 Å². The van der Waals surface area contributed by atoms with Gasteiger partial charge in [-0.1, -0.05) is 33.1 Å². The van der Waals surface area contributed by atoms with Crippen LogP contribution < -0.4 is 0 Å². The van der Waals surface area contributed by atoms with Crippen molar-refractivity contribution < 1.29 is 14.3 Å². The summed E-state index contributed by atoms with van der Waals surface area (Å²) in [5.41, 5.74) is 0. The second kappa shape index (κ2) is 7.98. The van der Waals surface area contributed by atoms with E-state index in [2.05, 4.69) is 18.7 Å². The Balaban J connectivity index is 2.12. The summed E-state index contributed by atoms with van der Waals surface area (Å²) in [4.78, 5) is 27.0. The van der Waals surface area contributed by atoms with E-state index in [-0.39, 0.29) is 24.2 Å². The Kier molecular flexibility index (Phi) is 6.27. The number of esters is 1. The van der Waals surface area contributed by atoms with Crippen LogP contribution >= 0.6 is 0 Å². The maximum Gasteiger partial charge on any atom is 0.306 e. The summed E-state index contributed by atoms with van der Waals surface area (Å²) in [6, 6.07) is 0.344. The van der Waals surface area contributed by atoms with Gasteiger partial charge in [-0.3, -0.25) is 9.59 Å². The van der Waals surface area contributed by atoms with Crippen molar-refractivity contribution in [2.45, 2.75) is 71.3 Å². The first-order chi connectivity index (χ1) is 10.5. The van der Waals surface area contributed by atoms with Crippen molar-refractivity contribution in [2.24, 2.45) is 17.8 Å². The van der Waals surface area contributed by atoms with Crippen LogP contribution in [0.25, 0.3) is 0 Å². The van der Waals surface area contributed by atoms with Crippen molar-refractivity contribution in [1.82, 2.24) is 4.90 Å². The Hall–Kier alpha value is -1.06. The van der Waals surface area contributed by atoms with E-state index in [1.54, 1.807) is 0 Å². The monoisotopic (exact) mass is 309 g/mol. The van der Waals surface area contributed by atoms with Crippen LogP contribution in [0.2, 0.25) is 0 Å². The van der Waals surface area contributed by atoms with Crippen LogP contribution in [-0.2, 0) is 14.3 Å². The predicted octanol–water partition coefficient (Wildman–Crippen LogP) is 3.39. The van der Waals surface area contributed by atoms with Gasteiger partial charge < -0.3 is 9.64 Å². The molecule has 0 radical (unpaired) electrons. The van der Waals surface area contributed by atoms with Gasteiger partial charge in [0.2, 0.25) is 5.91 Å². The molecule has 0 bridgehead atoms. The highest BCUT2D eigenvalue weighted by atomic mass is 16.5. The summed E-state index contributed by atoms with van der Waals surface area (Å²) in [6.45, 7) is 5.23. The van der Waals surface area contributed by atoms with Gasteiger partial charge >= 0.3 is 5.97 Å². The highest BCUT2D eigenvalue weighted by Gasteiger charge is 2.39. The normalized spacial score (nSPS) is 24.5. The molecule has 0 N–H and O–H groups in total. The van der Waals surface area contributed by atoms with Crippen molar-refractivity contribution >= 4 is 11.9 Å². The minimum absolute atomic E-state index is 0.174. The number of ether oxygens (including phenoxy) is 1. The van der Waals surface area contributed by atoms with E-state index in [1.165, 1.54) is 26.4 Å². The van der Waals surface area contributed by atoms with Crippen molar-refractivity contribution in [3.8, 4) is 0 Å². The summed E-state index contributed by atoms with van der Waals surface area (Å²) >= 11 is 0. The Morgan fingerprint density at radius 1 is 1.09 bits per heavy atom. The third-order valence-corrected chi connectivity index (χ3v) is 5.50. The first-order valence-electron chi connectivity index (χ1n) is 8.92. The molecule has 0 aromatic rings. The molecule has 2 aliphatic rings. The summed E-state index contributed by atoms with van der Waals surface area (Å²) in [7, 11) is 1.41. The fraction of sp³-hybridized carbons (Fsp3) is 0.889. The summed E-state index contributed by atoms with van der Waals surface area (Å²) in [5.74, 6) is 0.621. The van der Waals surface area contributed by atoms with Crippen LogP contribution in [-0.4, -0.2) is 36.5 Å². The van der Waals surface area contributed by atoms with Crippen LogP contribution in [0, 0.1) is 17.8 Å². The topological polar surface area (TPSA) is 46.6 Å². The van der Waals surface area contributed by atoms with Crippen molar-refractivity contribution in [3.63, 3.8) is 0 Å². The average molecular weight is 309 g/mol. The third-order valence-electron chi connectivity index (χ3n) is 5.50. The zero-order valence-electron chi connectivity index (χ0n) is 14.3. The number of amides is 1. The van der Waals surface area contributed by atoms with Gasteiger partial charge in [0.05, 0.1) is 19.4 Å². The number of carbonyl (C=O) groups is 2. The average Bonchev–Trinajstić information content (AvgIpc) is 3.02. The van der Waals surface area contributed by atoms with Gasteiger partial charge in [-0.25, -0.2) is 0 Å². The Labute approximate surface area is 134 Å². The Morgan fingerprint density at radius 3 is 2.36 bits per heavy atom. The molecular weight excluding hydrogens is 278 g/mol. The summed E-state index contributed by atoms with van der Waals surface area (Å²) < 4.78 is 4.85. The largest absolute Gasteiger partial charge is 0.469 e. The molecule has 4 heteroatoms. The standard InChI is InChI=1S/C18H31NO3/c1-13(2)16-10-7-11-19(16)18(21)15(12-17(20)22-3)14-8-5-4-6-9-14/h13-16H,4-12H2,1-3H3/t15-,16-/m0/s1. The molecule has 0 aromatic heterocycles. The Bertz CT molecular complexity index is 388. The minimum Gasteiger partial charge on any atom is -0.469 e. The lowest BCUT2D eigenvalue weighted by Gasteiger charge is -2.35. The molecule has 126 valence electrons. The van der Waals surface area contributed by atoms with Crippen molar-refractivity contribution in [1.29, 1.82) is 0 Å². The van der Waals surface area contributed by atoms with Gasteiger partial charge in [0.15, 0.2) is 0 Å². The molecule has 1 amide bonds. The molecule has 0 unspecified atom stereocenters. The number of nitrogens with zero attached hydrogens (tertiary/aromatic N) is 1. The second-order valence-corrected chi connectivity index (χ2v) is 7.27. The number of methoxy groups -OCH3 is 1. The first kappa shape index (κ1) is 17.3. The maximum absolute atomic E-state index is 13.1. The van der Waals surface area contributed by atoms with Crippen LogP contribution in [0.3, 0.4) is 0 Å². The zero-order valence-corrected chi connectivity index (χ0v) is 14.3. The lowest BCUT2D eigenvalue weighted by Crippen LogP contribution is -2.45. The number of carbonyl (C=O) groups excluding carboxylic acids is 2. The third kappa shape index (κ3) is 4.02. The number of rotatable bonds is 5. The SMILES string of the molecule is COC(=O)C[C@H](C(=O)N1CCC[C@H]1C(C)C)C1CCCCC1. The van der Waals surface area contributed by atoms with Gasteiger partial charge in [0.1, 0.15) is 0 Å². The number of hydrogen-bond acceptors (Lipinski definition) is 3. The fourth-order valence-electron chi connectivity index (χ4n) is 4.23. The number of hydrogen-bond donors (Lipinski definition) is 0. The molecule has 2 atom stereocenters. The molecule has 1 aliphatic heterocycles. The van der Waals surface area contributed by atoms with Gasteiger partial charge in [-0.2, -0.15) is 0 Å². The zero-order chi connectivity index (χ0) is 16.1. The van der Waals surface area contributed by atoms with E-state index in [1.807, 2.05) is 0 Å². The molecule has 2 fully saturated rings. The molecule has 4 nitrogen and oxygen atoms in total. The lowest BCUT2D eigenvalue weighted by atomic mass is 9.77. The molecule has 1 saturated heterocycles. The summed E-state index contributed by atoms with van der Waals surface area (Å²) in [6.07, 6.45) is 8.21. The molecule has 1 saturated carbocycles. The van der Waals surface area contributed by atoms with Gasteiger partial charge in [0, 0.05) is 12.6 Å². The van der Waals surface area contributed by atoms with Crippen LogP contribution in [0.1, 0.15) is 65.2 Å². The predicted molar refractivity (Wildman–Crippen MR) is 86.3 cm³/mol. The van der Waals surface area contributed by atoms with Crippen molar-refractivity contribution in [2.75, 3.05) is 13.7 Å². The molecule has 2 rings (SSSR count). The van der Waals surface area contributed by atoms with E-state index in [0.717, 1.165) is 32.2 Å². The van der Waals surface area contributed by atoms with Gasteiger partial charge in [-0.05, 0) is 37.5 Å². The Morgan fingerprint density at radius 2 is 1.77 bits per heavy atom. The molecular formula is C18H31NO3. The fourth-order valence-corrected chi connectivity index (χ4v) is 4.23. The highest BCUT2D eigenvalue weighted by molar-refractivity contribution is 5.84. The smallest absolute Gasteiger partial charge is 0.306 e. The van der Waals surface area contributed by atoms with Crippen LogP contribution in [0.15, 0.2) is 0 Å². The lowest BCUT2D eigenvalue weighted by molar-refractivity contribution is -0.149. The van der Waals surface area contributed by atoms with Crippen LogP contribution in [0.5, 0.6) is 0 Å². The van der Waals surface area contributed by atoms with Gasteiger partial charge in [0.25, 0.3) is 0 Å². The number of likely N-dealkylation sites (tertiary alicyclic amines) is 1. The molecule has 1 aliphatic carbocycles. The first-order valence-corrected chi connectivity index (χ1v) is 8.92. The van der Waals surface area contributed by atoms with E-state index >= 15 is 0 Å². The van der Waals surface area contributed by atoms with E-state index in [9.17, 15) is 9.59 Å². The quantitative estimate of drug-likeness (QED) is 0.731. The van der Waals surface area contributed by atoms with E-state index < -0.39 is 0 Å². The second-order valence-electron chi connectivity index (χ2n) is 7.27. The minimum atomic E-state index is -0.246. The molecule has 1 heterocycles. The summed E-state index contributed by atoms with van der Waals surface area (Å²) in [5, 5.41) is 0. The molecule has 22 heavy (non-hydrogen) atoms. The maximum atomic E-state index is 13.1. The molecule has 0 aromatic carbocycles.